The van der Waals surface area contributed by atoms with Gasteiger partial charge in [-0.3, -0.25) is 4.79 Å². The first-order valence-electron chi connectivity index (χ1n) is 3.93. The number of carbonyl (C=O) groups is 1. The maximum absolute atomic E-state index is 10.7. The SMILES string of the molecule is COC(=O)CNc1ccc(C#N)cn1. The lowest BCUT2D eigenvalue weighted by molar-refractivity contribution is -0.138. The van der Waals surface area contributed by atoms with Crippen molar-refractivity contribution in [3.63, 3.8) is 0 Å². The molecule has 14 heavy (non-hydrogen) atoms. The molecule has 0 aliphatic rings. The molecule has 0 spiro atoms. The highest BCUT2D eigenvalue weighted by Gasteiger charge is 1.99. The summed E-state index contributed by atoms with van der Waals surface area (Å²) in [7, 11) is 1.32. The van der Waals surface area contributed by atoms with Crippen LogP contribution in [0.4, 0.5) is 5.82 Å². The van der Waals surface area contributed by atoms with Gasteiger partial charge in [-0.25, -0.2) is 4.98 Å². The van der Waals surface area contributed by atoms with Crippen LogP contribution in [-0.2, 0) is 9.53 Å². The smallest absolute Gasteiger partial charge is 0.325 e. The van der Waals surface area contributed by atoms with Gasteiger partial charge in [0.2, 0.25) is 0 Å². The topological polar surface area (TPSA) is 75.0 Å². The van der Waals surface area contributed by atoms with E-state index in [9.17, 15) is 4.79 Å². The molecule has 0 atom stereocenters. The van der Waals surface area contributed by atoms with E-state index in [4.69, 9.17) is 5.26 Å². The van der Waals surface area contributed by atoms with Gasteiger partial charge < -0.3 is 10.1 Å². The van der Waals surface area contributed by atoms with Crippen molar-refractivity contribution >= 4 is 11.8 Å². The number of nitrogens with one attached hydrogen (secondary N) is 1. The Hall–Kier alpha value is -2.09. The number of esters is 1. The van der Waals surface area contributed by atoms with Crippen LogP contribution in [-0.4, -0.2) is 24.6 Å². The molecule has 5 nitrogen and oxygen atoms in total. The Kier molecular flexibility index (Phi) is 3.44. The molecule has 0 aliphatic carbocycles. The molecule has 0 saturated carbocycles. The van der Waals surface area contributed by atoms with Gasteiger partial charge in [0.25, 0.3) is 0 Å². The van der Waals surface area contributed by atoms with Crippen LogP contribution < -0.4 is 5.32 Å². The molecule has 0 bridgehead atoms. The van der Waals surface area contributed by atoms with Crippen LogP contribution in [0.1, 0.15) is 5.56 Å². The summed E-state index contributed by atoms with van der Waals surface area (Å²) >= 11 is 0. The van der Waals surface area contributed by atoms with E-state index >= 15 is 0 Å². The summed E-state index contributed by atoms with van der Waals surface area (Å²) < 4.78 is 4.44. The van der Waals surface area contributed by atoms with Crippen molar-refractivity contribution in [1.82, 2.24) is 4.98 Å². The molecular formula is C9H9N3O2. The number of methoxy groups -OCH3 is 1. The normalized spacial score (nSPS) is 8.86. The molecule has 0 radical (unpaired) electrons. The van der Waals surface area contributed by atoms with Crippen LogP contribution in [0.5, 0.6) is 0 Å². The first-order chi connectivity index (χ1) is 6.76. The second-order valence-electron chi connectivity index (χ2n) is 2.47. The molecule has 1 aromatic heterocycles. The molecule has 1 aromatic rings. The fourth-order valence-corrected chi connectivity index (χ4v) is 0.799. The largest absolute Gasteiger partial charge is 0.468 e. The maximum Gasteiger partial charge on any atom is 0.325 e. The molecule has 5 heteroatoms. The summed E-state index contributed by atoms with van der Waals surface area (Å²) in [6.45, 7) is 0.0649. The first-order valence-corrected chi connectivity index (χ1v) is 3.93. The molecule has 1 rings (SSSR count). The minimum atomic E-state index is -0.365. The molecule has 1 N–H and O–H groups in total. The zero-order chi connectivity index (χ0) is 10.4. The highest BCUT2D eigenvalue weighted by Crippen LogP contribution is 2.03. The number of nitrogens with zero attached hydrogens (tertiary/aromatic N) is 2. The highest BCUT2D eigenvalue weighted by molar-refractivity contribution is 5.74. The fraction of sp³-hybridized carbons (Fsp3) is 0.222. The summed E-state index contributed by atoms with van der Waals surface area (Å²) in [5.41, 5.74) is 0.480. The molecule has 0 unspecified atom stereocenters. The predicted octanol–water partition coefficient (Wildman–Crippen LogP) is 0.538. The summed E-state index contributed by atoms with van der Waals surface area (Å²) in [5.74, 6) is 0.172. The number of ether oxygens (including phenoxy) is 1. The van der Waals surface area contributed by atoms with Gasteiger partial charge in [-0.05, 0) is 12.1 Å². The summed E-state index contributed by atoms with van der Waals surface area (Å²) in [5, 5.41) is 11.3. The predicted molar refractivity (Wildman–Crippen MR) is 49.5 cm³/mol. The summed E-state index contributed by atoms with van der Waals surface area (Å²) in [6.07, 6.45) is 1.43. The van der Waals surface area contributed by atoms with Gasteiger partial charge in [-0.2, -0.15) is 5.26 Å². The van der Waals surface area contributed by atoms with Crippen LogP contribution in [0, 0.1) is 11.3 Å². The monoisotopic (exact) mass is 191 g/mol. The van der Waals surface area contributed by atoms with Gasteiger partial charge >= 0.3 is 5.97 Å². The van der Waals surface area contributed by atoms with Crippen LogP contribution >= 0.6 is 0 Å². The van der Waals surface area contributed by atoms with E-state index in [1.807, 2.05) is 6.07 Å². The van der Waals surface area contributed by atoms with Crippen LogP contribution in [0.15, 0.2) is 18.3 Å². The van der Waals surface area contributed by atoms with E-state index in [0.29, 0.717) is 11.4 Å². The van der Waals surface area contributed by atoms with Crippen LogP contribution in [0.2, 0.25) is 0 Å². The molecule has 0 fully saturated rings. The zero-order valence-electron chi connectivity index (χ0n) is 7.65. The average molecular weight is 191 g/mol. The Balaban J connectivity index is 2.53. The van der Waals surface area contributed by atoms with Crippen LogP contribution in [0.3, 0.4) is 0 Å². The standard InChI is InChI=1S/C9H9N3O2/c1-14-9(13)6-12-8-3-2-7(4-10)5-11-8/h2-3,5H,6H2,1H3,(H,11,12). The Bertz CT molecular complexity index is 353. The Morgan fingerprint density at radius 1 is 1.71 bits per heavy atom. The quantitative estimate of drug-likeness (QED) is 0.705. The molecular weight excluding hydrogens is 182 g/mol. The highest BCUT2D eigenvalue weighted by atomic mass is 16.5. The van der Waals surface area contributed by atoms with Crippen molar-refractivity contribution in [1.29, 1.82) is 5.26 Å². The second-order valence-corrected chi connectivity index (χ2v) is 2.47. The number of rotatable bonds is 3. The third-order valence-corrected chi connectivity index (χ3v) is 1.53. The number of nitriles is 1. The second kappa shape index (κ2) is 4.82. The van der Waals surface area contributed by atoms with E-state index in [0.717, 1.165) is 0 Å². The molecule has 0 aromatic carbocycles. The minimum absolute atomic E-state index is 0.0649. The Morgan fingerprint density at radius 2 is 2.50 bits per heavy atom. The zero-order valence-corrected chi connectivity index (χ0v) is 7.65. The molecule has 0 aliphatic heterocycles. The van der Waals surface area contributed by atoms with Crippen molar-refractivity contribution in [2.75, 3.05) is 19.0 Å². The average Bonchev–Trinajstić information content (AvgIpc) is 2.26. The van der Waals surface area contributed by atoms with Crippen molar-refractivity contribution in [3.8, 4) is 6.07 Å². The third kappa shape index (κ3) is 2.75. The number of hydrogen-bond donors (Lipinski definition) is 1. The van der Waals surface area contributed by atoms with E-state index in [1.54, 1.807) is 12.1 Å². The minimum Gasteiger partial charge on any atom is -0.468 e. The van der Waals surface area contributed by atoms with Gasteiger partial charge in [0.15, 0.2) is 0 Å². The molecule has 0 amide bonds. The van der Waals surface area contributed by atoms with Gasteiger partial charge in [-0.15, -0.1) is 0 Å². The van der Waals surface area contributed by atoms with Crippen molar-refractivity contribution < 1.29 is 9.53 Å². The lowest BCUT2D eigenvalue weighted by atomic mass is 10.3. The Labute approximate surface area is 81.3 Å². The van der Waals surface area contributed by atoms with Crippen molar-refractivity contribution in [2.45, 2.75) is 0 Å². The van der Waals surface area contributed by atoms with Gasteiger partial charge in [0.05, 0.1) is 12.7 Å². The third-order valence-electron chi connectivity index (χ3n) is 1.53. The molecule has 0 saturated heterocycles. The first kappa shape index (κ1) is 9.99. The molecule has 1 heterocycles. The summed E-state index contributed by atoms with van der Waals surface area (Å²) in [4.78, 5) is 14.7. The summed E-state index contributed by atoms with van der Waals surface area (Å²) in [6, 6.07) is 5.19. The van der Waals surface area contributed by atoms with E-state index < -0.39 is 0 Å². The van der Waals surface area contributed by atoms with Crippen LogP contribution in [0.25, 0.3) is 0 Å². The number of carbonyl (C=O) groups excluding carboxylic acids is 1. The lowest BCUT2D eigenvalue weighted by Gasteiger charge is -2.02. The van der Waals surface area contributed by atoms with E-state index in [-0.39, 0.29) is 12.5 Å². The number of anilines is 1. The van der Waals surface area contributed by atoms with Gasteiger partial charge in [-0.1, -0.05) is 0 Å². The number of pyridine rings is 1. The van der Waals surface area contributed by atoms with Crippen molar-refractivity contribution in [3.05, 3.63) is 23.9 Å². The van der Waals surface area contributed by atoms with Crippen molar-refractivity contribution in [2.24, 2.45) is 0 Å². The van der Waals surface area contributed by atoms with E-state index in [2.05, 4.69) is 15.0 Å². The van der Waals surface area contributed by atoms with E-state index in [1.165, 1.54) is 13.3 Å². The van der Waals surface area contributed by atoms with Gasteiger partial charge in [0, 0.05) is 6.20 Å². The number of hydrogen-bond acceptors (Lipinski definition) is 5. The fourth-order valence-electron chi connectivity index (χ4n) is 0.799. The lowest BCUT2D eigenvalue weighted by Crippen LogP contribution is -2.15. The van der Waals surface area contributed by atoms with Gasteiger partial charge in [0.1, 0.15) is 18.4 Å². The Morgan fingerprint density at radius 3 is 3.00 bits per heavy atom. The maximum atomic E-state index is 10.7. The molecule has 72 valence electrons. The number of aromatic nitrogens is 1.